The van der Waals surface area contributed by atoms with Crippen molar-refractivity contribution < 1.29 is 19.2 Å². The number of benzene rings is 1. The molecule has 26 heavy (non-hydrogen) atoms. The first kappa shape index (κ1) is 18.9. The van der Waals surface area contributed by atoms with Gasteiger partial charge in [-0.3, -0.25) is 9.59 Å². The normalized spacial score (nSPS) is 22.7. The van der Waals surface area contributed by atoms with E-state index in [1.54, 1.807) is 12.0 Å². The number of hydrogen-bond donors (Lipinski definition) is 1. The number of amides is 2. The molecule has 2 atom stereocenters. The van der Waals surface area contributed by atoms with Crippen LogP contribution < -0.4 is 4.90 Å². The first-order chi connectivity index (χ1) is 12.6. The van der Waals surface area contributed by atoms with E-state index in [9.17, 15) is 9.59 Å². The minimum atomic E-state index is -0.197. The molecule has 3 rings (SSSR count). The Bertz CT molecular complexity index is 614. The Morgan fingerprint density at radius 2 is 1.96 bits per heavy atom. The van der Waals surface area contributed by atoms with Crippen molar-refractivity contribution in [3.63, 3.8) is 0 Å². The number of ether oxygens (including phenoxy) is 1. The van der Waals surface area contributed by atoms with Crippen molar-refractivity contribution >= 4 is 11.8 Å². The average Bonchev–Trinajstić information content (AvgIpc) is 3.05. The second-order valence-corrected chi connectivity index (χ2v) is 7.49. The van der Waals surface area contributed by atoms with Crippen LogP contribution in [0.3, 0.4) is 0 Å². The minimum Gasteiger partial charge on any atom is -0.383 e. The van der Waals surface area contributed by atoms with Crippen LogP contribution in [-0.2, 0) is 20.9 Å². The fourth-order valence-electron chi connectivity index (χ4n) is 4.02. The molecule has 2 amide bonds. The highest BCUT2D eigenvalue weighted by atomic mass is 16.5. The first-order valence-corrected chi connectivity index (χ1v) is 9.53. The molecule has 0 bridgehead atoms. The molecule has 1 N–H and O–H groups in total. The monoisotopic (exact) mass is 360 g/mol. The molecule has 1 aromatic rings. The summed E-state index contributed by atoms with van der Waals surface area (Å²) in [5.74, 6) is 0.0166. The Kier molecular flexibility index (Phi) is 6.27. The molecule has 2 fully saturated rings. The summed E-state index contributed by atoms with van der Waals surface area (Å²) in [4.78, 5) is 30.3. The lowest BCUT2D eigenvalue weighted by Crippen LogP contribution is -3.13. The summed E-state index contributed by atoms with van der Waals surface area (Å²) in [6, 6.07) is 10.5. The maximum Gasteiger partial charge on any atom is 0.228 e. The van der Waals surface area contributed by atoms with E-state index in [0.29, 0.717) is 19.6 Å². The van der Waals surface area contributed by atoms with E-state index in [2.05, 4.69) is 24.3 Å². The van der Waals surface area contributed by atoms with E-state index in [0.717, 1.165) is 32.7 Å². The van der Waals surface area contributed by atoms with E-state index in [1.165, 1.54) is 10.5 Å². The molecule has 6 heteroatoms. The molecule has 1 aromatic carbocycles. The average molecular weight is 360 g/mol. The Labute approximate surface area is 155 Å². The molecule has 2 aliphatic heterocycles. The van der Waals surface area contributed by atoms with Gasteiger partial charge in [-0.1, -0.05) is 30.3 Å². The van der Waals surface area contributed by atoms with Crippen LogP contribution in [0.2, 0.25) is 0 Å². The molecule has 0 saturated carbocycles. The van der Waals surface area contributed by atoms with Gasteiger partial charge in [-0.25, -0.2) is 0 Å². The van der Waals surface area contributed by atoms with E-state index < -0.39 is 0 Å². The van der Waals surface area contributed by atoms with Gasteiger partial charge in [0.05, 0.1) is 44.7 Å². The third-order valence-electron chi connectivity index (χ3n) is 5.53. The summed E-state index contributed by atoms with van der Waals surface area (Å²) in [6.07, 6.45) is 0.337. The van der Waals surface area contributed by atoms with Crippen LogP contribution in [0.1, 0.15) is 18.9 Å². The number of piperazine rings is 1. The van der Waals surface area contributed by atoms with Gasteiger partial charge in [0, 0.05) is 25.6 Å². The number of hydrogen-bond acceptors (Lipinski definition) is 3. The maximum absolute atomic E-state index is 12.8. The molecular weight excluding hydrogens is 330 g/mol. The van der Waals surface area contributed by atoms with Crippen molar-refractivity contribution in [1.82, 2.24) is 9.80 Å². The van der Waals surface area contributed by atoms with Crippen LogP contribution in [0.4, 0.5) is 0 Å². The summed E-state index contributed by atoms with van der Waals surface area (Å²) >= 11 is 0. The number of nitrogens with one attached hydrogen (secondary N) is 1. The molecule has 0 radical (unpaired) electrons. The molecule has 0 aromatic heterocycles. The van der Waals surface area contributed by atoms with Gasteiger partial charge in [-0.05, 0) is 6.92 Å². The van der Waals surface area contributed by atoms with Gasteiger partial charge in [0.1, 0.15) is 6.54 Å². The van der Waals surface area contributed by atoms with E-state index in [4.69, 9.17) is 4.74 Å². The Morgan fingerprint density at radius 3 is 2.62 bits per heavy atom. The third kappa shape index (κ3) is 4.43. The Hall–Kier alpha value is -1.92. The fourth-order valence-corrected chi connectivity index (χ4v) is 4.02. The number of methoxy groups -OCH3 is 1. The molecule has 2 heterocycles. The zero-order chi connectivity index (χ0) is 18.5. The van der Waals surface area contributed by atoms with Crippen molar-refractivity contribution in [3.05, 3.63) is 35.9 Å². The van der Waals surface area contributed by atoms with Crippen LogP contribution >= 0.6 is 0 Å². The molecular formula is C20H30N3O3+. The Morgan fingerprint density at radius 1 is 1.27 bits per heavy atom. The number of nitrogens with zero attached hydrogens (tertiary/aromatic N) is 2. The summed E-state index contributed by atoms with van der Waals surface area (Å²) in [7, 11) is 1.64. The maximum atomic E-state index is 12.8. The van der Waals surface area contributed by atoms with Crippen molar-refractivity contribution in [2.75, 3.05) is 46.4 Å². The zero-order valence-electron chi connectivity index (χ0n) is 15.8. The summed E-state index contributed by atoms with van der Waals surface area (Å²) in [5.41, 5.74) is 1.34. The topological polar surface area (TPSA) is 54.3 Å². The summed E-state index contributed by atoms with van der Waals surface area (Å²) < 4.78 is 5.15. The number of rotatable bonds is 6. The van der Waals surface area contributed by atoms with Crippen LogP contribution in [0.15, 0.2) is 30.3 Å². The minimum absolute atomic E-state index is 0.0254. The predicted molar refractivity (Wildman–Crippen MR) is 98.6 cm³/mol. The smallest absolute Gasteiger partial charge is 0.228 e. The quantitative estimate of drug-likeness (QED) is 0.764. The van der Waals surface area contributed by atoms with E-state index in [-0.39, 0.29) is 23.8 Å². The molecule has 2 aliphatic rings. The highest BCUT2D eigenvalue weighted by molar-refractivity contribution is 5.89. The lowest BCUT2D eigenvalue weighted by atomic mass is 10.1. The SMILES string of the molecule is COC[C@@H](C)N1C[C@H](C(=O)N2CC[NH+](Cc3ccccc3)CC2)CC1=O. The summed E-state index contributed by atoms with van der Waals surface area (Å²) in [6.45, 7) is 7.50. The summed E-state index contributed by atoms with van der Waals surface area (Å²) in [5, 5.41) is 0. The third-order valence-corrected chi connectivity index (χ3v) is 5.53. The van der Waals surface area contributed by atoms with Crippen molar-refractivity contribution in [2.24, 2.45) is 5.92 Å². The lowest BCUT2D eigenvalue weighted by Gasteiger charge is -2.33. The second-order valence-electron chi connectivity index (χ2n) is 7.49. The second kappa shape index (κ2) is 8.64. The number of quaternary nitrogens is 1. The predicted octanol–water partition coefficient (Wildman–Crippen LogP) is -0.203. The van der Waals surface area contributed by atoms with Crippen LogP contribution in [0.5, 0.6) is 0 Å². The van der Waals surface area contributed by atoms with Crippen LogP contribution in [-0.4, -0.2) is 74.1 Å². The van der Waals surface area contributed by atoms with Crippen molar-refractivity contribution in [1.29, 1.82) is 0 Å². The zero-order valence-corrected chi connectivity index (χ0v) is 15.8. The van der Waals surface area contributed by atoms with E-state index in [1.807, 2.05) is 17.9 Å². The van der Waals surface area contributed by atoms with Crippen LogP contribution in [0.25, 0.3) is 0 Å². The van der Waals surface area contributed by atoms with Gasteiger partial charge in [0.15, 0.2) is 0 Å². The number of carbonyl (C=O) groups is 2. The van der Waals surface area contributed by atoms with Gasteiger partial charge in [-0.15, -0.1) is 0 Å². The molecule has 0 aliphatic carbocycles. The van der Waals surface area contributed by atoms with Crippen molar-refractivity contribution in [3.8, 4) is 0 Å². The lowest BCUT2D eigenvalue weighted by molar-refractivity contribution is -0.917. The first-order valence-electron chi connectivity index (χ1n) is 9.53. The molecule has 142 valence electrons. The molecule has 0 spiro atoms. The van der Waals surface area contributed by atoms with Crippen molar-refractivity contribution in [2.45, 2.75) is 25.9 Å². The number of likely N-dealkylation sites (tertiary alicyclic amines) is 1. The highest BCUT2D eigenvalue weighted by Gasteiger charge is 2.39. The fraction of sp³-hybridized carbons (Fsp3) is 0.600. The largest absolute Gasteiger partial charge is 0.383 e. The van der Waals surface area contributed by atoms with Gasteiger partial charge in [0.2, 0.25) is 11.8 Å². The molecule has 0 unspecified atom stereocenters. The van der Waals surface area contributed by atoms with Gasteiger partial charge in [0.25, 0.3) is 0 Å². The van der Waals surface area contributed by atoms with Gasteiger partial charge in [-0.2, -0.15) is 0 Å². The van der Waals surface area contributed by atoms with Gasteiger partial charge >= 0.3 is 0 Å². The highest BCUT2D eigenvalue weighted by Crippen LogP contribution is 2.22. The standard InChI is InChI=1S/C20H29N3O3/c1-16(15-26-2)23-14-18(12-19(23)24)20(25)22-10-8-21(9-11-22)13-17-6-4-3-5-7-17/h3-7,16,18H,8-15H2,1-2H3/p+1/t16-,18-/m1/s1. The molecule has 2 saturated heterocycles. The molecule has 6 nitrogen and oxygen atoms in total. The van der Waals surface area contributed by atoms with Crippen LogP contribution in [0, 0.1) is 5.92 Å². The van der Waals surface area contributed by atoms with E-state index >= 15 is 0 Å². The Balaban J connectivity index is 1.49. The number of carbonyl (C=O) groups excluding carboxylic acids is 2. The van der Waals surface area contributed by atoms with Gasteiger partial charge < -0.3 is 19.4 Å².